The van der Waals surface area contributed by atoms with Gasteiger partial charge in [-0.3, -0.25) is 0 Å². The maximum absolute atomic E-state index is 5.47. The molecule has 2 rings (SSSR count). The van der Waals surface area contributed by atoms with Gasteiger partial charge in [0.25, 0.3) is 0 Å². The molecule has 16 heavy (non-hydrogen) atoms. The predicted octanol–water partition coefficient (Wildman–Crippen LogP) is 0.0618. The van der Waals surface area contributed by atoms with E-state index in [0.717, 1.165) is 5.16 Å². The minimum Gasteiger partial charge on any atom is -0.368 e. The standard InChI is InChI=1S/C8H11N7S/c1-15-3-2-11-8(15)16-4-5-12-6(9)14-7(10)13-5/h2-3H,4H2,1H3,(H4,9,10,12,13,14). The zero-order valence-corrected chi connectivity index (χ0v) is 9.48. The molecule has 4 N–H and O–H groups in total. The number of thioether (sulfide) groups is 1. The van der Waals surface area contributed by atoms with Gasteiger partial charge in [0.2, 0.25) is 11.9 Å². The summed E-state index contributed by atoms with van der Waals surface area (Å²) in [6.45, 7) is 0. The Balaban J connectivity index is 2.07. The molecule has 0 aliphatic carbocycles. The molecule has 7 nitrogen and oxygen atoms in total. The predicted molar refractivity (Wildman–Crippen MR) is 61.4 cm³/mol. The fraction of sp³-hybridized carbons (Fsp3) is 0.250. The molecule has 0 saturated heterocycles. The van der Waals surface area contributed by atoms with Gasteiger partial charge in [-0.15, -0.1) is 0 Å². The monoisotopic (exact) mass is 237 g/mol. The van der Waals surface area contributed by atoms with Gasteiger partial charge < -0.3 is 16.0 Å². The van der Waals surface area contributed by atoms with Gasteiger partial charge in [0.05, 0.1) is 5.75 Å². The first-order valence-electron chi connectivity index (χ1n) is 4.51. The van der Waals surface area contributed by atoms with Crippen molar-refractivity contribution in [2.45, 2.75) is 10.9 Å². The Bertz CT molecular complexity index is 475. The molecule has 2 heterocycles. The van der Waals surface area contributed by atoms with Crippen LogP contribution < -0.4 is 11.5 Å². The van der Waals surface area contributed by atoms with Crippen LogP contribution in [0.5, 0.6) is 0 Å². The molecule has 0 aliphatic heterocycles. The topological polar surface area (TPSA) is 109 Å². The summed E-state index contributed by atoms with van der Waals surface area (Å²) in [6, 6.07) is 0. The van der Waals surface area contributed by atoms with Gasteiger partial charge in [-0.1, -0.05) is 11.8 Å². The number of imidazole rings is 1. The fourth-order valence-electron chi connectivity index (χ4n) is 1.14. The van der Waals surface area contributed by atoms with Crippen molar-refractivity contribution < 1.29 is 0 Å². The van der Waals surface area contributed by atoms with Crippen molar-refractivity contribution in [3.05, 3.63) is 18.2 Å². The van der Waals surface area contributed by atoms with E-state index in [0.29, 0.717) is 11.6 Å². The van der Waals surface area contributed by atoms with E-state index in [-0.39, 0.29) is 11.9 Å². The molecule has 0 atom stereocenters. The minimum atomic E-state index is 0.142. The largest absolute Gasteiger partial charge is 0.368 e. The summed E-state index contributed by atoms with van der Waals surface area (Å²) in [7, 11) is 1.92. The summed E-state index contributed by atoms with van der Waals surface area (Å²) in [4.78, 5) is 15.8. The lowest BCUT2D eigenvalue weighted by Crippen LogP contribution is -2.06. The second-order valence-corrected chi connectivity index (χ2v) is 4.02. The Hall–Kier alpha value is -1.83. The molecule has 2 aromatic heterocycles. The number of rotatable bonds is 3. The highest BCUT2D eigenvalue weighted by molar-refractivity contribution is 7.98. The molecule has 0 amide bonds. The van der Waals surface area contributed by atoms with Crippen LogP contribution in [0.25, 0.3) is 0 Å². The Morgan fingerprint density at radius 2 is 1.94 bits per heavy atom. The van der Waals surface area contributed by atoms with Crippen molar-refractivity contribution >= 4 is 23.7 Å². The second-order valence-electron chi connectivity index (χ2n) is 3.08. The summed E-state index contributed by atoms with van der Waals surface area (Å²) in [5, 5.41) is 0.887. The zero-order chi connectivity index (χ0) is 11.5. The van der Waals surface area contributed by atoms with Gasteiger partial charge in [-0.05, 0) is 0 Å². The summed E-state index contributed by atoms with van der Waals surface area (Å²) < 4.78 is 1.92. The molecule has 8 heteroatoms. The van der Waals surface area contributed by atoms with Crippen LogP contribution in [0.15, 0.2) is 17.6 Å². The maximum atomic E-state index is 5.47. The lowest BCUT2D eigenvalue weighted by Gasteiger charge is -2.02. The van der Waals surface area contributed by atoms with Crippen LogP contribution in [0.4, 0.5) is 11.9 Å². The van der Waals surface area contributed by atoms with E-state index in [4.69, 9.17) is 11.5 Å². The van der Waals surface area contributed by atoms with Crippen LogP contribution in [0.2, 0.25) is 0 Å². The quantitative estimate of drug-likeness (QED) is 0.726. The Kier molecular flexibility index (Phi) is 2.91. The average molecular weight is 237 g/mol. The number of aryl methyl sites for hydroxylation is 1. The summed E-state index contributed by atoms with van der Waals surface area (Å²) >= 11 is 1.51. The van der Waals surface area contributed by atoms with E-state index in [2.05, 4.69) is 19.9 Å². The van der Waals surface area contributed by atoms with Crippen molar-refractivity contribution in [2.75, 3.05) is 11.5 Å². The normalized spacial score (nSPS) is 10.6. The van der Waals surface area contributed by atoms with Gasteiger partial charge in [0.15, 0.2) is 5.16 Å². The van der Waals surface area contributed by atoms with Gasteiger partial charge in [-0.2, -0.15) is 15.0 Å². The van der Waals surface area contributed by atoms with E-state index in [1.807, 2.05) is 17.8 Å². The van der Waals surface area contributed by atoms with Crippen LogP contribution in [-0.2, 0) is 12.8 Å². The minimum absolute atomic E-state index is 0.142. The molecule has 0 saturated carbocycles. The zero-order valence-electron chi connectivity index (χ0n) is 8.66. The molecule has 0 aliphatic rings. The number of hydrogen-bond acceptors (Lipinski definition) is 7. The second kappa shape index (κ2) is 4.35. The van der Waals surface area contributed by atoms with Gasteiger partial charge >= 0.3 is 0 Å². The smallest absolute Gasteiger partial charge is 0.225 e. The lowest BCUT2D eigenvalue weighted by atomic mass is 10.7. The van der Waals surface area contributed by atoms with Crippen LogP contribution in [0, 0.1) is 0 Å². The fourth-order valence-corrected chi connectivity index (χ4v) is 1.93. The van der Waals surface area contributed by atoms with E-state index < -0.39 is 0 Å². The summed E-state index contributed by atoms with van der Waals surface area (Å²) in [6.07, 6.45) is 3.61. The number of hydrogen-bond donors (Lipinski definition) is 2. The molecule has 0 bridgehead atoms. The summed E-state index contributed by atoms with van der Waals surface area (Å²) in [5.41, 5.74) is 10.9. The van der Waals surface area contributed by atoms with Crippen molar-refractivity contribution in [2.24, 2.45) is 7.05 Å². The highest BCUT2D eigenvalue weighted by Gasteiger charge is 2.05. The van der Waals surface area contributed by atoms with E-state index in [1.54, 1.807) is 6.20 Å². The van der Waals surface area contributed by atoms with Crippen molar-refractivity contribution in [1.29, 1.82) is 0 Å². The first kappa shape index (κ1) is 10.7. The number of nitrogens with two attached hydrogens (primary N) is 2. The Labute approximate surface area is 96.3 Å². The van der Waals surface area contributed by atoms with Gasteiger partial charge in [0.1, 0.15) is 5.82 Å². The number of aromatic nitrogens is 5. The highest BCUT2D eigenvalue weighted by atomic mass is 32.2. The molecular formula is C8H11N7S. The summed E-state index contributed by atoms with van der Waals surface area (Å²) in [5.74, 6) is 1.39. The van der Waals surface area contributed by atoms with Crippen LogP contribution >= 0.6 is 11.8 Å². The molecule has 2 aromatic rings. The number of nitrogen functional groups attached to an aromatic ring is 2. The number of anilines is 2. The SMILES string of the molecule is Cn1ccnc1SCc1nc(N)nc(N)n1. The van der Waals surface area contributed by atoms with Crippen LogP contribution in [0.3, 0.4) is 0 Å². The highest BCUT2D eigenvalue weighted by Crippen LogP contribution is 2.18. The Morgan fingerprint density at radius 1 is 1.25 bits per heavy atom. The molecular weight excluding hydrogens is 226 g/mol. The molecule has 84 valence electrons. The average Bonchev–Trinajstić information content (AvgIpc) is 2.59. The molecule has 0 fully saturated rings. The maximum Gasteiger partial charge on any atom is 0.225 e. The van der Waals surface area contributed by atoms with E-state index in [9.17, 15) is 0 Å². The first-order chi connectivity index (χ1) is 7.65. The van der Waals surface area contributed by atoms with Crippen LogP contribution in [-0.4, -0.2) is 24.5 Å². The number of nitrogens with zero attached hydrogens (tertiary/aromatic N) is 5. The van der Waals surface area contributed by atoms with Crippen molar-refractivity contribution in [3.63, 3.8) is 0 Å². The lowest BCUT2D eigenvalue weighted by molar-refractivity contribution is 0.789. The first-order valence-corrected chi connectivity index (χ1v) is 5.50. The van der Waals surface area contributed by atoms with E-state index in [1.165, 1.54) is 11.8 Å². The molecule has 0 unspecified atom stereocenters. The third-order valence-electron chi connectivity index (χ3n) is 1.82. The third kappa shape index (κ3) is 2.40. The van der Waals surface area contributed by atoms with Crippen LogP contribution in [0.1, 0.15) is 5.82 Å². The van der Waals surface area contributed by atoms with Gasteiger partial charge in [0, 0.05) is 19.4 Å². The van der Waals surface area contributed by atoms with Crippen molar-refractivity contribution in [3.8, 4) is 0 Å². The van der Waals surface area contributed by atoms with Gasteiger partial charge in [-0.25, -0.2) is 4.98 Å². The Morgan fingerprint density at radius 3 is 2.50 bits per heavy atom. The third-order valence-corrected chi connectivity index (χ3v) is 2.88. The molecule has 0 radical (unpaired) electrons. The molecule has 0 aromatic carbocycles. The van der Waals surface area contributed by atoms with E-state index >= 15 is 0 Å². The van der Waals surface area contributed by atoms with Crippen molar-refractivity contribution in [1.82, 2.24) is 24.5 Å². The molecule has 0 spiro atoms.